The first-order valence-corrected chi connectivity index (χ1v) is 7.78. The summed E-state index contributed by atoms with van der Waals surface area (Å²) >= 11 is 0. The SMILES string of the molecule is CC(C)CN(C(=O)C1NCCc2ccccc21)C1CC1. The van der Waals surface area contributed by atoms with E-state index in [-0.39, 0.29) is 11.9 Å². The van der Waals surface area contributed by atoms with Crippen LogP contribution in [0.2, 0.25) is 0 Å². The van der Waals surface area contributed by atoms with Gasteiger partial charge in [-0.15, -0.1) is 0 Å². The molecule has 1 saturated carbocycles. The van der Waals surface area contributed by atoms with Crippen LogP contribution >= 0.6 is 0 Å². The molecule has 1 amide bonds. The van der Waals surface area contributed by atoms with Crippen molar-refractivity contribution >= 4 is 5.91 Å². The Morgan fingerprint density at radius 3 is 2.80 bits per heavy atom. The monoisotopic (exact) mass is 272 g/mol. The van der Waals surface area contributed by atoms with Crippen molar-refractivity contribution in [3.63, 3.8) is 0 Å². The molecule has 2 aliphatic rings. The van der Waals surface area contributed by atoms with Crippen LogP contribution in [-0.4, -0.2) is 29.9 Å². The number of nitrogens with zero attached hydrogens (tertiary/aromatic N) is 1. The zero-order valence-electron chi connectivity index (χ0n) is 12.4. The van der Waals surface area contributed by atoms with E-state index in [0.717, 1.165) is 19.5 Å². The first-order valence-electron chi connectivity index (χ1n) is 7.78. The lowest BCUT2D eigenvalue weighted by Crippen LogP contribution is -2.46. The highest BCUT2D eigenvalue weighted by atomic mass is 16.2. The minimum atomic E-state index is -0.140. The fraction of sp³-hybridized carbons (Fsp3) is 0.588. The zero-order chi connectivity index (χ0) is 14.1. The van der Waals surface area contributed by atoms with Crippen molar-refractivity contribution in [3.8, 4) is 0 Å². The molecule has 1 atom stereocenters. The van der Waals surface area contributed by atoms with Crippen LogP contribution in [0.5, 0.6) is 0 Å². The van der Waals surface area contributed by atoms with Gasteiger partial charge < -0.3 is 10.2 Å². The number of hydrogen-bond donors (Lipinski definition) is 1. The maximum atomic E-state index is 12.9. The Kier molecular flexibility index (Phi) is 3.79. The molecule has 1 unspecified atom stereocenters. The summed E-state index contributed by atoms with van der Waals surface area (Å²) < 4.78 is 0. The van der Waals surface area contributed by atoms with Crippen LogP contribution in [0, 0.1) is 5.92 Å². The summed E-state index contributed by atoms with van der Waals surface area (Å²) in [6, 6.07) is 8.71. The minimum Gasteiger partial charge on any atom is -0.338 e. The van der Waals surface area contributed by atoms with Crippen molar-refractivity contribution in [1.29, 1.82) is 0 Å². The van der Waals surface area contributed by atoms with Crippen LogP contribution in [0.4, 0.5) is 0 Å². The van der Waals surface area contributed by atoms with Crippen molar-refractivity contribution in [1.82, 2.24) is 10.2 Å². The highest BCUT2D eigenvalue weighted by molar-refractivity contribution is 5.84. The molecule has 108 valence electrons. The average molecular weight is 272 g/mol. The van der Waals surface area contributed by atoms with Gasteiger partial charge in [-0.3, -0.25) is 4.79 Å². The van der Waals surface area contributed by atoms with E-state index in [4.69, 9.17) is 0 Å². The third-order valence-corrected chi connectivity index (χ3v) is 4.19. The number of carbonyl (C=O) groups is 1. The Labute approximate surface area is 121 Å². The molecule has 1 fully saturated rings. The number of hydrogen-bond acceptors (Lipinski definition) is 2. The topological polar surface area (TPSA) is 32.3 Å². The predicted octanol–water partition coefficient (Wildman–Crippen LogP) is 2.52. The van der Waals surface area contributed by atoms with E-state index in [9.17, 15) is 4.79 Å². The van der Waals surface area contributed by atoms with Gasteiger partial charge in [-0.1, -0.05) is 38.1 Å². The minimum absolute atomic E-state index is 0.140. The van der Waals surface area contributed by atoms with Gasteiger partial charge in [-0.05, 0) is 36.3 Å². The normalized spacial score (nSPS) is 21.6. The van der Waals surface area contributed by atoms with E-state index in [1.807, 2.05) is 6.07 Å². The molecule has 3 nitrogen and oxygen atoms in total. The van der Waals surface area contributed by atoms with Gasteiger partial charge >= 0.3 is 0 Å². The van der Waals surface area contributed by atoms with Crippen molar-refractivity contribution in [2.75, 3.05) is 13.1 Å². The number of carbonyl (C=O) groups excluding carboxylic acids is 1. The largest absolute Gasteiger partial charge is 0.338 e. The lowest BCUT2D eigenvalue weighted by Gasteiger charge is -2.32. The van der Waals surface area contributed by atoms with Gasteiger partial charge in [0.2, 0.25) is 5.91 Å². The van der Waals surface area contributed by atoms with E-state index < -0.39 is 0 Å². The van der Waals surface area contributed by atoms with Crippen molar-refractivity contribution in [2.24, 2.45) is 5.92 Å². The van der Waals surface area contributed by atoms with Crippen molar-refractivity contribution < 1.29 is 4.79 Å². The van der Waals surface area contributed by atoms with Crippen molar-refractivity contribution in [3.05, 3.63) is 35.4 Å². The average Bonchev–Trinajstić information content (AvgIpc) is 3.28. The molecule has 1 aliphatic carbocycles. The van der Waals surface area contributed by atoms with Crippen LogP contribution in [-0.2, 0) is 11.2 Å². The Morgan fingerprint density at radius 1 is 1.35 bits per heavy atom. The first kappa shape index (κ1) is 13.6. The van der Waals surface area contributed by atoms with Crippen LogP contribution in [0.3, 0.4) is 0 Å². The molecule has 0 spiro atoms. The molecule has 1 heterocycles. The molecule has 0 aromatic heterocycles. The summed E-state index contributed by atoms with van der Waals surface area (Å²) in [5.74, 6) is 0.798. The molecule has 20 heavy (non-hydrogen) atoms. The number of fused-ring (bicyclic) bond motifs is 1. The summed E-state index contributed by atoms with van der Waals surface area (Å²) in [5, 5.41) is 3.42. The summed E-state index contributed by atoms with van der Waals surface area (Å²) in [5.41, 5.74) is 2.50. The molecule has 3 heteroatoms. The van der Waals surface area contributed by atoms with Gasteiger partial charge in [-0.2, -0.15) is 0 Å². The van der Waals surface area contributed by atoms with E-state index in [1.165, 1.54) is 24.0 Å². The second-order valence-corrected chi connectivity index (χ2v) is 6.45. The Morgan fingerprint density at radius 2 is 2.10 bits per heavy atom. The lowest BCUT2D eigenvalue weighted by molar-refractivity contribution is -0.135. The third-order valence-electron chi connectivity index (χ3n) is 4.19. The van der Waals surface area contributed by atoms with Crippen LogP contribution in [0.1, 0.15) is 43.9 Å². The fourth-order valence-electron chi connectivity index (χ4n) is 3.09. The summed E-state index contributed by atoms with van der Waals surface area (Å²) in [6.07, 6.45) is 3.37. The number of rotatable bonds is 4. The van der Waals surface area contributed by atoms with Gasteiger partial charge in [0.1, 0.15) is 6.04 Å². The summed E-state index contributed by atoms with van der Waals surface area (Å²) in [4.78, 5) is 15.1. The molecule has 1 aromatic carbocycles. The number of amides is 1. The Bertz CT molecular complexity index is 494. The molecule has 0 radical (unpaired) electrons. The van der Waals surface area contributed by atoms with Crippen LogP contribution in [0.15, 0.2) is 24.3 Å². The number of benzene rings is 1. The number of nitrogens with one attached hydrogen (secondary N) is 1. The predicted molar refractivity (Wildman–Crippen MR) is 80.5 cm³/mol. The standard InChI is InChI=1S/C17H24N2O/c1-12(2)11-19(14-7-8-14)17(20)16-15-6-4-3-5-13(15)9-10-18-16/h3-6,12,14,16,18H,7-11H2,1-2H3. The Hall–Kier alpha value is -1.35. The first-order chi connectivity index (χ1) is 9.66. The van der Waals surface area contributed by atoms with Gasteiger partial charge in [-0.25, -0.2) is 0 Å². The molecule has 0 saturated heterocycles. The molecule has 1 N–H and O–H groups in total. The molecule has 1 aromatic rings. The van der Waals surface area contributed by atoms with Gasteiger partial charge in [0.25, 0.3) is 0 Å². The quantitative estimate of drug-likeness (QED) is 0.913. The molecule has 1 aliphatic heterocycles. The maximum absolute atomic E-state index is 12.9. The van der Waals surface area contributed by atoms with Crippen LogP contribution in [0.25, 0.3) is 0 Å². The molecule has 3 rings (SSSR count). The molecular formula is C17H24N2O. The zero-order valence-corrected chi connectivity index (χ0v) is 12.4. The highest BCUT2D eigenvalue weighted by Crippen LogP contribution is 2.32. The van der Waals surface area contributed by atoms with E-state index in [2.05, 4.69) is 42.3 Å². The second-order valence-electron chi connectivity index (χ2n) is 6.45. The second kappa shape index (κ2) is 5.57. The smallest absolute Gasteiger partial charge is 0.244 e. The van der Waals surface area contributed by atoms with Gasteiger partial charge in [0, 0.05) is 19.1 Å². The lowest BCUT2D eigenvalue weighted by atomic mass is 9.93. The molecule has 0 bridgehead atoms. The van der Waals surface area contributed by atoms with Crippen molar-refractivity contribution in [2.45, 2.75) is 45.2 Å². The third kappa shape index (κ3) is 2.73. The molecular weight excluding hydrogens is 248 g/mol. The van der Waals surface area contributed by atoms with E-state index in [0.29, 0.717) is 12.0 Å². The Balaban J connectivity index is 1.83. The maximum Gasteiger partial charge on any atom is 0.244 e. The van der Waals surface area contributed by atoms with Gasteiger partial charge in [0.15, 0.2) is 0 Å². The fourth-order valence-corrected chi connectivity index (χ4v) is 3.09. The van der Waals surface area contributed by atoms with Crippen LogP contribution < -0.4 is 5.32 Å². The van der Waals surface area contributed by atoms with E-state index in [1.54, 1.807) is 0 Å². The van der Waals surface area contributed by atoms with Gasteiger partial charge in [0.05, 0.1) is 0 Å². The summed E-state index contributed by atoms with van der Waals surface area (Å²) in [7, 11) is 0. The van der Waals surface area contributed by atoms with E-state index >= 15 is 0 Å². The highest BCUT2D eigenvalue weighted by Gasteiger charge is 2.37. The summed E-state index contributed by atoms with van der Waals surface area (Å²) in [6.45, 7) is 6.15.